The Bertz CT molecular complexity index is 654. The predicted octanol–water partition coefficient (Wildman–Crippen LogP) is -0.553. The third kappa shape index (κ3) is 4.31. The van der Waals surface area contributed by atoms with Crippen LogP contribution in [-0.2, 0) is 19.9 Å². The molecule has 0 amide bonds. The standard InChI is InChI=1S/C9H14N4O4S2/c1-18(14,15)13-9-3-2-8(11-12-9)10-7-4-5-19(16,17)6-7/h2-3,7H,4-6H2,1H3,(H,10,11)(H,12,13). The van der Waals surface area contributed by atoms with Crippen LogP contribution in [0.4, 0.5) is 11.6 Å². The topological polar surface area (TPSA) is 118 Å². The van der Waals surface area contributed by atoms with Gasteiger partial charge in [-0.25, -0.2) is 16.8 Å². The first-order valence-electron chi connectivity index (χ1n) is 5.52. The van der Waals surface area contributed by atoms with Gasteiger partial charge in [-0.2, -0.15) is 0 Å². The van der Waals surface area contributed by atoms with E-state index in [-0.39, 0.29) is 23.4 Å². The molecule has 1 saturated heterocycles. The number of nitrogens with zero attached hydrogens (tertiary/aromatic N) is 2. The SMILES string of the molecule is CS(=O)(=O)Nc1ccc(NC2CCS(=O)(=O)C2)nn1. The molecular formula is C9H14N4O4S2. The van der Waals surface area contributed by atoms with Gasteiger partial charge in [0, 0.05) is 6.04 Å². The van der Waals surface area contributed by atoms with Gasteiger partial charge in [0.25, 0.3) is 0 Å². The molecular weight excluding hydrogens is 292 g/mol. The number of hydrogen-bond donors (Lipinski definition) is 2. The van der Waals surface area contributed by atoms with E-state index in [0.29, 0.717) is 12.2 Å². The van der Waals surface area contributed by atoms with Crippen molar-refractivity contribution in [3.8, 4) is 0 Å². The van der Waals surface area contributed by atoms with Crippen LogP contribution in [0.15, 0.2) is 12.1 Å². The zero-order chi connectivity index (χ0) is 14.1. The van der Waals surface area contributed by atoms with Gasteiger partial charge in [0.05, 0.1) is 17.8 Å². The van der Waals surface area contributed by atoms with Crippen molar-refractivity contribution >= 4 is 31.5 Å². The molecule has 1 atom stereocenters. The van der Waals surface area contributed by atoms with Gasteiger partial charge in [-0.1, -0.05) is 0 Å². The van der Waals surface area contributed by atoms with Crippen LogP contribution in [0, 0.1) is 0 Å². The van der Waals surface area contributed by atoms with Gasteiger partial charge in [0.2, 0.25) is 10.0 Å². The average molecular weight is 306 g/mol. The summed E-state index contributed by atoms with van der Waals surface area (Å²) in [5, 5.41) is 10.4. The number of rotatable bonds is 4. The van der Waals surface area contributed by atoms with Crippen molar-refractivity contribution in [1.82, 2.24) is 10.2 Å². The number of anilines is 2. The highest BCUT2D eigenvalue weighted by atomic mass is 32.2. The lowest BCUT2D eigenvalue weighted by Crippen LogP contribution is -2.21. The third-order valence-electron chi connectivity index (χ3n) is 2.54. The Morgan fingerprint density at radius 1 is 1.26 bits per heavy atom. The first kappa shape index (κ1) is 14.0. The Kier molecular flexibility index (Phi) is 3.63. The summed E-state index contributed by atoms with van der Waals surface area (Å²) in [6.45, 7) is 0. The first-order chi connectivity index (χ1) is 8.73. The van der Waals surface area contributed by atoms with Crippen LogP contribution in [0.2, 0.25) is 0 Å². The lowest BCUT2D eigenvalue weighted by Gasteiger charge is -2.11. The van der Waals surface area contributed by atoms with Crippen LogP contribution in [-0.4, -0.2) is 50.8 Å². The quantitative estimate of drug-likeness (QED) is 0.766. The molecule has 1 aromatic heterocycles. The molecule has 0 saturated carbocycles. The molecule has 0 aromatic carbocycles. The van der Waals surface area contributed by atoms with E-state index in [9.17, 15) is 16.8 Å². The van der Waals surface area contributed by atoms with E-state index >= 15 is 0 Å². The molecule has 0 aliphatic carbocycles. The number of sulfonamides is 1. The monoisotopic (exact) mass is 306 g/mol. The highest BCUT2D eigenvalue weighted by molar-refractivity contribution is 7.92. The fourth-order valence-corrected chi connectivity index (χ4v) is 3.93. The summed E-state index contributed by atoms with van der Waals surface area (Å²) in [5.41, 5.74) is 0. The maximum atomic E-state index is 11.3. The van der Waals surface area contributed by atoms with Crippen molar-refractivity contribution in [1.29, 1.82) is 0 Å². The molecule has 1 aliphatic rings. The van der Waals surface area contributed by atoms with Gasteiger partial charge in [0.15, 0.2) is 15.7 Å². The lowest BCUT2D eigenvalue weighted by molar-refractivity contribution is 0.601. The number of sulfone groups is 1. The molecule has 1 unspecified atom stereocenters. The molecule has 2 rings (SSSR count). The van der Waals surface area contributed by atoms with Crippen molar-refractivity contribution in [2.75, 3.05) is 27.8 Å². The largest absolute Gasteiger partial charge is 0.365 e. The number of hydrogen-bond acceptors (Lipinski definition) is 7. The van der Waals surface area contributed by atoms with E-state index in [1.807, 2.05) is 0 Å². The third-order valence-corrected chi connectivity index (χ3v) is 4.89. The number of nitrogens with one attached hydrogen (secondary N) is 2. The predicted molar refractivity (Wildman–Crippen MR) is 71.2 cm³/mol. The smallest absolute Gasteiger partial charge is 0.231 e. The highest BCUT2D eigenvalue weighted by Gasteiger charge is 2.27. The zero-order valence-corrected chi connectivity index (χ0v) is 11.8. The van der Waals surface area contributed by atoms with E-state index in [1.165, 1.54) is 6.07 Å². The fourth-order valence-electron chi connectivity index (χ4n) is 1.77. The molecule has 2 heterocycles. The van der Waals surface area contributed by atoms with Crippen molar-refractivity contribution in [3.63, 3.8) is 0 Å². The van der Waals surface area contributed by atoms with Crippen molar-refractivity contribution in [2.24, 2.45) is 0 Å². The Balaban J connectivity index is 2.00. The summed E-state index contributed by atoms with van der Waals surface area (Å²) in [6, 6.07) is 2.83. The van der Waals surface area contributed by atoms with Gasteiger partial charge < -0.3 is 5.32 Å². The summed E-state index contributed by atoms with van der Waals surface area (Å²) in [6.07, 6.45) is 1.55. The summed E-state index contributed by atoms with van der Waals surface area (Å²) < 4.78 is 46.7. The second-order valence-corrected chi connectivity index (χ2v) is 8.40. The average Bonchev–Trinajstić information content (AvgIpc) is 2.59. The maximum absolute atomic E-state index is 11.3. The van der Waals surface area contributed by atoms with Crippen LogP contribution >= 0.6 is 0 Å². The Labute approximate surface area is 111 Å². The first-order valence-corrected chi connectivity index (χ1v) is 9.23. The Morgan fingerprint density at radius 3 is 2.37 bits per heavy atom. The van der Waals surface area contributed by atoms with Gasteiger partial charge in [0.1, 0.15) is 5.82 Å². The second-order valence-electron chi connectivity index (χ2n) is 4.42. The van der Waals surface area contributed by atoms with Crippen molar-refractivity contribution in [2.45, 2.75) is 12.5 Å². The molecule has 1 fully saturated rings. The van der Waals surface area contributed by atoms with Crippen molar-refractivity contribution < 1.29 is 16.8 Å². The van der Waals surface area contributed by atoms with E-state index < -0.39 is 19.9 Å². The number of aromatic nitrogens is 2. The van der Waals surface area contributed by atoms with Crippen LogP contribution in [0.1, 0.15) is 6.42 Å². The van der Waals surface area contributed by atoms with Crippen LogP contribution in [0.5, 0.6) is 0 Å². The van der Waals surface area contributed by atoms with Crippen LogP contribution in [0.25, 0.3) is 0 Å². The van der Waals surface area contributed by atoms with Gasteiger partial charge in [-0.3, -0.25) is 4.72 Å². The Hall–Kier alpha value is -1.42. The molecule has 2 N–H and O–H groups in total. The molecule has 0 spiro atoms. The second kappa shape index (κ2) is 4.93. The molecule has 1 aliphatic heterocycles. The maximum Gasteiger partial charge on any atom is 0.231 e. The molecule has 0 radical (unpaired) electrons. The lowest BCUT2D eigenvalue weighted by atomic mass is 10.2. The minimum absolute atomic E-state index is 0.0814. The summed E-state index contributed by atoms with van der Waals surface area (Å²) >= 11 is 0. The van der Waals surface area contributed by atoms with Gasteiger partial charge in [-0.05, 0) is 18.6 Å². The molecule has 106 valence electrons. The molecule has 0 bridgehead atoms. The molecule has 1 aromatic rings. The van der Waals surface area contributed by atoms with E-state index in [2.05, 4.69) is 20.2 Å². The zero-order valence-electron chi connectivity index (χ0n) is 10.2. The van der Waals surface area contributed by atoms with E-state index in [1.54, 1.807) is 6.07 Å². The normalized spacial score (nSPS) is 22.1. The Morgan fingerprint density at radius 2 is 1.89 bits per heavy atom. The van der Waals surface area contributed by atoms with Gasteiger partial charge in [-0.15, -0.1) is 10.2 Å². The summed E-state index contributed by atoms with van der Waals surface area (Å²) in [5.74, 6) is 0.789. The molecule has 10 heteroatoms. The summed E-state index contributed by atoms with van der Waals surface area (Å²) in [4.78, 5) is 0. The summed E-state index contributed by atoms with van der Waals surface area (Å²) in [7, 11) is -6.33. The van der Waals surface area contributed by atoms with E-state index in [4.69, 9.17) is 0 Å². The van der Waals surface area contributed by atoms with E-state index in [0.717, 1.165) is 6.26 Å². The highest BCUT2D eigenvalue weighted by Crippen LogP contribution is 2.16. The van der Waals surface area contributed by atoms with Crippen LogP contribution in [0.3, 0.4) is 0 Å². The fraction of sp³-hybridized carbons (Fsp3) is 0.556. The minimum Gasteiger partial charge on any atom is -0.365 e. The van der Waals surface area contributed by atoms with Gasteiger partial charge >= 0.3 is 0 Å². The van der Waals surface area contributed by atoms with Crippen molar-refractivity contribution in [3.05, 3.63) is 12.1 Å². The molecule has 8 nitrogen and oxygen atoms in total. The molecule has 19 heavy (non-hydrogen) atoms. The minimum atomic E-state index is -3.38. The van der Waals surface area contributed by atoms with Crippen LogP contribution < -0.4 is 10.0 Å².